The maximum atomic E-state index is 12.1. The van der Waals surface area contributed by atoms with E-state index in [0.29, 0.717) is 6.61 Å². The molecule has 0 aromatic heterocycles. The molecule has 0 aliphatic rings. The topological polar surface area (TPSA) is 70.8 Å². The van der Waals surface area contributed by atoms with Gasteiger partial charge in [0.1, 0.15) is 6.10 Å². The number of hydrogen-bond donors (Lipinski definition) is 1. The molecule has 8 heteroatoms. The third-order valence-corrected chi connectivity index (χ3v) is 2.34. The van der Waals surface area contributed by atoms with Crippen LogP contribution in [0.25, 0.3) is 0 Å². The normalized spacial score (nSPS) is 12.8. The molecule has 1 aromatic carbocycles. The number of carbonyl (C=O) groups is 1. The van der Waals surface area contributed by atoms with Crippen LogP contribution in [-0.2, 0) is 9.47 Å². The van der Waals surface area contributed by atoms with Gasteiger partial charge in [-0.25, -0.2) is 4.79 Å². The van der Waals surface area contributed by atoms with Gasteiger partial charge >= 0.3 is 12.3 Å². The number of alkyl halides is 3. The van der Waals surface area contributed by atoms with Gasteiger partial charge < -0.3 is 19.9 Å². The molecule has 0 heterocycles. The van der Waals surface area contributed by atoms with Crippen LogP contribution < -0.4 is 10.5 Å². The monoisotopic (exact) mass is 307 g/mol. The molecule has 0 bridgehead atoms. The first-order valence-corrected chi connectivity index (χ1v) is 6.17. The van der Waals surface area contributed by atoms with E-state index in [1.54, 1.807) is 13.8 Å². The lowest BCUT2D eigenvalue weighted by Gasteiger charge is -2.14. The van der Waals surface area contributed by atoms with Gasteiger partial charge in [-0.2, -0.15) is 0 Å². The van der Waals surface area contributed by atoms with Crippen molar-refractivity contribution in [3.8, 4) is 5.75 Å². The summed E-state index contributed by atoms with van der Waals surface area (Å²) < 4.78 is 50.1. The third-order valence-electron chi connectivity index (χ3n) is 2.34. The second-order valence-corrected chi connectivity index (χ2v) is 4.18. The molecule has 21 heavy (non-hydrogen) atoms. The maximum Gasteiger partial charge on any atom is 0.573 e. The first-order valence-electron chi connectivity index (χ1n) is 6.17. The van der Waals surface area contributed by atoms with Crippen LogP contribution in [0.4, 0.5) is 18.9 Å². The standard InChI is InChI=1S/C13H16F3NO4/c1-3-19-7-8(2)20-12(18)9-4-5-11(10(17)6-9)21-13(14,15)16/h4-6,8H,3,7,17H2,1-2H3. The highest BCUT2D eigenvalue weighted by Crippen LogP contribution is 2.29. The van der Waals surface area contributed by atoms with Crippen molar-refractivity contribution in [3.05, 3.63) is 23.8 Å². The summed E-state index contributed by atoms with van der Waals surface area (Å²) in [6, 6.07) is 3.18. The zero-order valence-corrected chi connectivity index (χ0v) is 11.6. The van der Waals surface area contributed by atoms with Crippen molar-refractivity contribution in [2.75, 3.05) is 18.9 Å². The molecular formula is C13H16F3NO4. The van der Waals surface area contributed by atoms with Crippen LogP contribution >= 0.6 is 0 Å². The smallest absolute Gasteiger partial charge is 0.457 e. The average molecular weight is 307 g/mol. The first kappa shape index (κ1) is 17.1. The van der Waals surface area contributed by atoms with Gasteiger partial charge in [0.25, 0.3) is 0 Å². The second-order valence-electron chi connectivity index (χ2n) is 4.18. The number of nitrogens with two attached hydrogens (primary N) is 1. The Morgan fingerprint density at radius 2 is 2.05 bits per heavy atom. The minimum absolute atomic E-state index is 0.0328. The predicted octanol–water partition coefficient (Wildman–Crippen LogP) is 2.75. The minimum atomic E-state index is -4.85. The Hall–Kier alpha value is -1.96. The number of hydrogen-bond acceptors (Lipinski definition) is 5. The van der Waals surface area contributed by atoms with E-state index in [2.05, 4.69) is 4.74 Å². The van der Waals surface area contributed by atoms with Crippen molar-refractivity contribution < 1.29 is 32.2 Å². The highest BCUT2D eigenvalue weighted by molar-refractivity contribution is 5.91. The molecule has 118 valence electrons. The molecule has 1 unspecified atom stereocenters. The average Bonchev–Trinajstić information content (AvgIpc) is 2.37. The fourth-order valence-corrected chi connectivity index (χ4v) is 1.46. The lowest BCUT2D eigenvalue weighted by Crippen LogP contribution is -2.21. The second kappa shape index (κ2) is 7.16. The Bertz CT molecular complexity index is 491. The van der Waals surface area contributed by atoms with E-state index in [1.807, 2.05) is 0 Å². The van der Waals surface area contributed by atoms with Crippen LogP contribution in [-0.4, -0.2) is 31.6 Å². The van der Waals surface area contributed by atoms with E-state index in [-0.39, 0.29) is 17.9 Å². The largest absolute Gasteiger partial charge is 0.573 e. The zero-order chi connectivity index (χ0) is 16.0. The van der Waals surface area contributed by atoms with E-state index in [9.17, 15) is 18.0 Å². The lowest BCUT2D eigenvalue weighted by atomic mass is 10.2. The molecular weight excluding hydrogens is 291 g/mol. The van der Waals surface area contributed by atoms with Crippen molar-refractivity contribution in [2.45, 2.75) is 26.3 Å². The van der Waals surface area contributed by atoms with Gasteiger partial charge in [-0.1, -0.05) is 0 Å². The van der Waals surface area contributed by atoms with E-state index in [1.165, 1.54) is 0 Å². The molecule has 0 saturated carbocycles. The number of benzene rings is 1. The molecule has 2 N–H and O–H groups in total. The van der Waals surface area contributed by atoms with Crippen LogP contribution in [0.2, 0.25) is 0 Å². The molecule has 1 aromatic rings. The Balaban J connectivity index is 2.72. The highest BCUT2D eigenvalue weighted by Gasteiger charge is 2.32. The van der Waals surface area contributed by atoms with E-state index < -0.39 is 24.2 Å². The van der Waals surface area contributed by atoms with E-state index >= 15 is 0 Å². The summed E-state index contributed by atoms with van der Waals surface area (Å²) in [6.45, 7) is 4.15. The number of nitrogen functional groups attached to an aromatic ring is 1. The molecule has 0 aliphatic heterocycles. The number of ether oxygens (including phenoxy) is 3. The summed E-state index contributed by atoms with van der Waals surface area (Å²) in [5.74, 6) is -1.27. The quantitative estimate of drug-likeness (QED) is 0.646. The first-order chi connectivity index (χ1) is 9.73. The fraction of sp³-hybridized carbons (Fsp3) is 0.462. The van der Waals surface area contributed by atoms with Crippen LogP contribution in [0.3, 0.4) is 0 Å². The summed E-state index contributed by atoms with van der Waals surface area (Å²) >= 11 is 0. The van der Waals surface area contributed by atoms with Crippen molar-refractivity contribution in [2.24, 2.45) is 0 Å². The Morgan fingerprint density at radius 3 is 2.57 bits per heavy atom. The van der Waals surface area contributed by atoms with Crippen LogP contribution in [0, 0.1) is 0 Å². The van der Waals surface area contributed by atoms with Gasteiger partial charge in [-0.15, -0.1) is 13.2 Å². The summed E-state index contributed by atoms with van der Waals surface area (Å²) in [5.41, 5.74) is 5.15. The summed E-state index contributed by atoms with van der Waals surface area (Å²) in [6.07, 6.45) is -5.33. The maximum absolute atomic E-state index is 12.1. The summed E-state index contributed by atoms with van der Waals surface area (Å²) in [4.78, 5) is 11.8. The fourth-order valence-electron chi connectivity index (χ4n) is 1.46. The van der Waals surface area contributed by atoms with E-state index in [0.717, 1.165) is 18.2 Å². The van der Waals surface area contributed by atoms with Crippen molar-refractivity contribution in [3.63, 3.8) is 0 Å². The van der Waals surface area contributed by atoms with Crippen LogP contribution in [0.1, 0.15) is 24.2 Å². The van der Waals surface area contributed by atoms with Crippen molar-refractivity contribution in [1.82, 2.24) is 0 Å². The number of halogens is 3. The number of anilines is 1. The molecule has 0 aliphatic carbocycles. The zero-order valence-electron chi connectivity index (χ0n) is 11.6. The van der Waals surface area contributed by atoms with Gasteiger partial charge in [0.2, 0.25) is 0 Å². The Labute approximate surface area is 119 Å². The third kappa shape index (κ3) is 5.90. The SMILES string of the molecule is CCOCC(C)OC(=O)c1ccc(OC(F)(F)F)c(N)c1. The molecule has 0 radical (unpaired) electrons. The predicted molar refractivity (Wildman–Crippen MR) is 68.9 cm³/mol. The Morgan fingerprint density at radius 1 is 1.38 bits per heavy atom. The number of rotatable bonds is 6. The Kier molecular flexibility index (Phi) is 5.83. The van der Waals surface area contributed by atoms with Gasteiger partial charge in [-0.3, -0.25) is 0 Å². The van der Waals surface area contributed by atoms with Crippen LogP contribution in [0.5, 0.6) is 5.75 Å². The highest BCUT2D eigenvalue weighted by atomic mass is 19.4. The molecule has 0 amide bonds. The minimum Gasteiger partial charge on any atom is -0.457 e. The van der Waals surface area contributed by atoms with Gasteiger partial charge in [0, 0.05) is 6.61 Å². The van der Waals surface area contributed by atoms with Crippen molar-refractivity contribution in [1.29, 1.82) is 0 Å². The summed E-state index contributed by atoms with van der Waals surface area (Å²) in [7, 11) is 0. The van der Waals surface area contributed by atoms with Gasteiger partial charge in [0.05, 0.1) is 17.9 Å². The van der Waals surface area contributed by atoms with Gasteiger partial charge in [0.15, 0.2) is 5.75 Å². The molecule has 5 nitrogen and oxygen atoms in total. The lowest BCUT2D eigenvalue weighted by molar-refractivity contribution is -0.274. The molecule has 0 fully saturated rings. The van der Waals surface area contributed by atoms with E-state index in [4.69, 9.17) is 15.2 Å². The summed E-state index contributed by atoms with van der Waals surface area (Å²) in [5, 5.41) is 0. The van der Waals surface area contributed by atoms with Crippen molar-refractivity contribution >= 4 is 11.7 Å². The molecule has 1 atom stereocenters. The molecule has 0 spiro atoms. The van der Waals surface area contributed by atoms with Crippen LogP contribution in [0.15, 0.2) is 18.2 Å². The van der Waals surface area contributed by atoms with Gasteiger partial charge in [-0.05, 0) is 32.0 Å². The number of carbonyl (C=O) groups excluding carboxylic acids is 1. The molecule has 0 saturated heterocycles. The number of esters is 1. The molecule has 1 rings (SSSR count).